The third kappa shape index (κ3) is 7.23. The monoisotopic (exact) mass is 388 g/mol. The Morgan fingerprint density at radius 2 is 1.96 bits per heavy atom. The molecule has 0 aliphatic carbocycles. The van der Waals surface area contributed by atoms with Crippen molar-refractivity contribution in [3.8, 4) is 11.4 Å². The molecule has 3 N–H and O–H groups in total. The lowest BCUT2D eigenvalue weighted by Crippen LogP contribution is -2.35. The Bertz CT molecular complexity index is 695. The molecule has 0 bridgehead atoms. The van der Waals surface area contributed by atoms with Crippen LogP contribution in [0.2, 0.25) is 0 Å². The maximum absolute atomic E-state index is 12.1. The number of methoxy groups -OCH3 is 1. The standard InChI is InChI=1S/C16H20N4O3.2ClH/c1-23-11-10-17-8-9-19-15(21)12-5-6-14(20-16(12)22)13-4-2-3-7-18-13;;/h2-7,17H,8-11H2,1H3,(H,19,21)(H,20,22);2*1H. The zero-order valence-electron chi connectivity index (χ0n) is 13.8. The minimum absolute atomic E-state index is 0. The van der Waals surface area contributed by atoms with Crippen LogP contribution in [-0.2, 0) is 4.74 Å². The Labute approximate surface area is 158 Å². The second-order valence-corrected chi connectivity index (χ2v) is 4.83. The summed E-state index contributed by atoms with van der Waals surface area (Å²) in [6.45, 7) is 2.37. The number of aromatic amines is 1. The number of nitrogens with zero attached hydrogens (tertiary/aromatic N) is 1. The molecule has 2 rings (SSSR count). The van der Waals surface area contributed by atoms with Gasteiger partial charge in [0.15, 0.2) is 0 Å². The zero-order valence-corrected chi connectivity index (χ0v) is 15.4. The highest BCUT2D eigenvalue weighted by molar-refractivity contribution is 5.94. The number of aromatic nitrogens is 2. The average molecular weight is 389 g/mol. The van der Waals surface area contributed by atoms with E-state index in [-0.39, 0.29) is 30.4 Å². The van der Waals surface area contributed by atoms with E-state index < -0.39 is 11.5 Å². The predicted octanol–water partition coefficient (Wildman–Crippen LogP) is 1.25. The average Bonchev–Trinajstić information content (AvgIpc) is 2.58. The minimum Gasteiger partial charge on any atom is -0.383 e. The minimum atomic E-state index is -0.432. The molecule has 0 spiro atoms. The van der Waals surface area contributed by atoms with E-state index >= 15 is 0 Å². The number of hydrogen-bond acceptors (Lipinski definition) is 5. The normalized spacial score (nSPS) is 9.64. The van der Waals surface area contributed by atoms with Crippen molar-refractivity contribution in [3.05, 3.63) is 52.4 Å². The third-order valence-corrected chi connectivity index (χ3v) is 3.17. The third-order valence-electron chi connectivity index (χ3n) is 3.17. The fourth-order valence-electron chi connectivity index (χ4n) is 1.98. The number of nitrogens with one attached hydrogen (secondary N) is 3. The summed E-state index contributed by atoms with van der Waals surface area (Å²) in [5, 5.41) is 5.80. The molecular formula is C16H22Cl2N4O3. The lowest BCUT2D eigenvalue weighted by atomic mass is 10.2. The molecule has 138 valence electrons. The molecule has 7 nitrogen and oxygen atoms in total. The number of rotatable bonds is 8. The second kappa shape index (κ2) is 12.4. The smallest absolute Gasteiger partial charge is 0.261 e. The first-order valence-electron chi connectivity index (χ1n) is 7.35. The fraction of sp³-hybridized carbons (Fsp3) is 0.312. The molecule has 0 atom stereocenters. The van der Waals surface area contributed by atoms with E-state index in [1.807, 2.05) is 6.07 Å². The molecule has 0 radical (unpaired) electrons. The first kappa shape index (κ1) is 23.1. The lowest BCUT2D eigenvalue weighted by Gasteiger charge is -2.07. The highest BCUT2D eigenvalue weighted by atomic mass is 35.5. The predicted molar refractivity (Wildman–Crippen MR) is 102 cm³/mol. The summed E-state index contributed by atoms with van der Waals surface area (Å²) >= 11 is 0. The number of carbonyl (C=O) groups is 1. The van der Waals surface area contributed by atoms with Crippen molar-refractivity contribution < 1.29 is 9.53 Å². The molecular weight excluding hydrogens is 367 g/mol. The summed E-state index contributed by atoms with van der Waals surface area (Å²) in [5.41, 5.74) is 0.881. The van der Waals surface area contributed by atoms with Crippen LogP contribution in [0, 0.1) is 0 Å². The van der Waals surface area contributed by atoms with E-state index in [1.54, 1.807) is 31.5 Å². The van der Waals surface area contributed by atoms with Gasteiger partial charge in [0.2, 0.25) is 0 Å². The van der Waals surface area contributed by atoms with Crippen molar-refractivity contribution in [1.29, 1.82) is 0 Å². The van der Waals surface area contributed by atoms with E-state index in [0.29, 0.717) is 37.6 Å². The first-order valence-corrected chi connectivity index (χ1v) is 7.35. The van der Waals surface area contributed by atoms with Crippen LogP contribution in [0.25, 0.3) is 11.4 Å². The van der Waals surface area contributed by atoms with Crippen LogP contribution in [0.3, 0.4) is 0 Å². The fourth-order valence-corrected chi connectivity index (χ4v) is 1.98. The highest BCUT2D eigenvalue weighted by Gasteiger charge is 2.11. The number of H-pyrrole nitrogens is 1. The SMILES string of the molecule is COCCNCCNC(=O)c1ccc(-c2ccccn2)[nH]c1=O.Cl.Cl. The Morgan fingerprint density at radius 3 is 2.60 bits per heavy atom. The molecule has 0 aromatic carbocycles. The van der Waals surface area contributed by atoms with Crippen LogP contribution < -0.4 is 16.2 Å². The number of hydrogen-bond donors (Lipinski definition) is 3. The largest absolute Gasteiger partial charge is 0.383 e. The van der Waals surface area contributed by atoms with Crippen molar-refractivity contribution in [2.75, 3.05) is 33.4 Å². The van der Waals surface area contributed by atoms with E-state index in [0.717, 1.165) is 0 Å². The molecule has 25 heavy (non-hydrogen) atoms. The van der Waals surface area contributed by atoms with Crippen LogP contribution in [0.1, 0.15) is 10.4 Å². The molecule has 9 heteroatoms. The Hall–Kier alpha value is -1.93. The van der Waals surface area contributed by atoms with Gasteiger partial charge in [-0.25, -0.2) is 0 Å². The van der Waals surface area contributed by atoms with Crippen LogP contribution >= 0.6 is 24.8 Å². The van der Waals surface area contributed by atoms with Gasteiger partial charge in [-0.2, -0.15) is 0 Å². The number of halogens is 2. The molecule has 0 fully saturated rings. The van der Waals surface area contributed by atoms with Crippen molar-refractivity contribution in [2.24, 2.45) is 0 Å². The van der Waals surface area contributed by atoms with Crippen molar-refractivity contribution >= 4 is 30.7 Å². The van der Waals surface area contributed by atoms with Crippen LogP contribution in [0.15, 0.2) is 41.3 Å². The topological polar surface area (TPSA) is 96.1 Å². The van der Waals surface area contributed by atoms with Crippen molar-refractivity contribution in [3.63, 3.8) is 0 Å². The van der Waals surface area contributed by atoms with Gasteiger partial charge in [0.05, 0.1) is 18.0 Å². The highest BCUT2D eigenvalue weighted by Crippen LogP contribution is 2.11. The molecule has 1 amide bonds. The van der Waals surface area contributed by atoms with Gasteiger partial charge in [-0.1, -0.05) is 6.07 Å². The molecule has 2 aromatic heterocycles. The van der Waals surface area contributed by atoms with Crippen molar-refractivity contribution in [2.45, 2.75) is 0 Å². The molecule has 2 aromatic rings. The summed E-state index contributed by atoms with van der Waals surface area (Å²) in [4.78, 5) is 30.9. The number of amides is 1. The van der Waals surface area contributed by atoms with Crippen molar-refractivity contribution in [1.82, 2.24) is 20.6 Å². The second-order valence-electron chi connectivity index (χ2n) is 4.83. The molecule has 0 aliphatic heterocycles. The van der Waals surface area contributed by atoms with Gasteiger partial charge in [0.1, 0.15) is 5.56 Å². The van der Waals surface area contributed by atoms with E-state index in [9.17, 15) is 9.59 Å². The Balaban J connectivity index is 0.00000288. The van der Waals surface area contributed by atoms with Gasteiger partial charge in [-0.3, -0.25) is 14.6 Å². The Kier molecular flexibility index (Phi) is 11.5. The van der Waals surface area contributed by atoms with Crippen LogP contribution in [0.4, 0.5) is 0 Å². The van der Waals surface area contributed by atoms with Crippen LogP contribution in [0.5, 0.6) is 0 Å². The van der Waals surface area contributed by atoms with Gasteiger partial charge in [0, 0.05) is 32.9 Å². The zero-order chi connectivity index (χ0) is 16.5. The Morgan fingerprint density at radius 1 is 1.16 bits per heavy atom. The lowest BCUT2D eigenvalue weighted by molar-refractivity contribution is 0.0952. The van der Waals surface area contributed by atoms with Gasteiger partial charge < -0.3 is 20.4 Å². The summed E-state index contributed by atoms with van der Waals surface area (Å²) in [6.07, 6.45) is 1.64. The molecule has 0 aliphatic rings. The summed E-state index contributed by atoms with van der Waals surface area (Å²) in [7, 11) is 1.63. The molecule has 0 saturated carbocycles. The van der Waals surface area contributed by atoms with Gasteiger partial charge >= 0.3 is 0 Å². The molecule has 0 unspecified atom stereocenters. The van der Waals surface area contributed by atoms with E-state index in [4.69, 9.17) is 4.74 Å². The number of ether oxygens (including phenoxy) is 1. The van der Waals surface area contributed by atoms with Gasteiger partial charge in [-0.15, -0.1) is 24.8 Å². The summed E-state index contributed by atoms with van der Waals surface area (Å²) in [6, 6.07) is 8.60. The number of pyridine rings is 2. The maximum atomic E-state index is 12.1. The maximum Gasteiger partial charge on any atom is 0.261 e. The molecule has 0 saturated heterocycles. The van der Waals surface area contributed by atoms with Gasteiger partial charge in [0.25, 0.3) is 11.5 Å². The van der Waals surface area contributed by atoms with E-state index in [2.05, 4.69) is 20.6 Å². The van der Waals surface area contributed by atoms with Crippen LogP contribution in [-0.4, -0.2) is 49.2 Å². The number of carbonyl (C=O) groups excluding carboxylic acids is 1. The van der Waals surface area contributed by atoms with E-state index in [1.165, 1.54) is 6.07 Å². The molecule has 2 heterocycles. The summed E-state index contributed by atoms with van der Waals surface area (Å²) in [5.74, 6) is -0.396. The summed E-state index contributed by atoms with van der Waals surface area (Å²) < 4.78 is 4.90. The quantitative estimate of drug-likeness (QED) is 0.591. The first-order chi connectivity index (χ1) is 11.2. The van der Waals surface area contributed by atoms with Gasteiger partial charge in [-0.05, 0) is 24.3 Å².